The Hall–Kier alpha value is -0.380. The van der Waals surface area contributed by atoms with E-state index in [0.717, 1.165) is 29.9 Å². The number of nitrogens with zero attached hydrogens (tertiary/aromatic N) is 1. The first-order valence-corrected chi connectivity index (χ1v) is 8.87. The molecular formula is C18H29BrN2. The van der Waals surface area contributed by atoms with Crippen LogP contribution < -0.4 is 5.73 Å². The van der Waals surface area contributed by atoms with Gasteiger partial charge in [-0.25, -0.2) is 0 Å². The van der Waals surface area contributed by atoms with Gasteiger partial charge < -0.3 is 5.73 Å². The summed E-state index contributed by atoms with van der Waals surface area (Å²) in [5.74, 6) is 0.763. The van der Waals surface area contributed by atoms with E-state index in [4.69, 9.17) is 5.73 Å². The minimum atomic E-state index is 0.199. The summed E-state index contributed by atoms with van der Waals surface area (Å²) in [6.45, 7) is 11.6. The largest absolute Gasteiger partial charge is 0.326 e. The summed E-state index contributed by atoms with van der Waals surface area (Å²) in [4.78, 5) is 2.60. The first-order chi connectivity index (χ1) is 9.82. The predicted molar refractivity (Wildman–Crippen MR) is 94.3 cm³/mol. The fourth-order valence-corrected chi connectivity index (χ4v) is 3.62. The van der Waals surface area contributed by atoms with Gasteiger partial charge in [-0.1, -0.05) is 55.8 Å². The van der Waals surface area contributed by atoms with Crippen LogP contribution in [0, 0.1) is 11.3 Å². The van der Waals surface area contributed by atoms with Crippen LogP contribution in [0.15, 0.2) is 28.7 Å². The van der Waals surface area contributed by atoms with Gasteiger partial charge in [-0.15, -0.1) is 0 Å². The first-order valence-electron chi connectivity index (χ1n) is 8.08. The minimum absolute atomic E-state index is 0.199. The van der Waals surface area contributed by atoms with Gasteiger partial charge in [0.05, 0.1) is 0 Å². The topological polar surface area (TPSA) is 29.3 Å². The molecule has 0 aliphatic carbocycles. The maximum Gasteiger partial charge on any atom is 0.0499 e. The van der Waals surface area contributed by atoms with Crippen LogP contribution in [-0.4, -0.2) is 24.0 Å². The summed E-state index contributed by atoms with van der Waals surface area (Å²) in [5, 5.41) is 0. The molecule has 2 N–H and O–H groups in total. The van der Waals surface area contributed by atoms with Gasteiger partial charge in [0, 0.05) is 23.1 Å². The SMILES string of the molecule is CCC(N)C(c1ccc(Br)cc1)N1CCC(C(C)(C)C)C1. The molecule has 1 aromatic carbocycles. The highest BCUT2D eigenvalue weighted by atomic mass is 79.9. The van der Waals surface area contributed by atoms with Gasteiger partial charge in [-0.3, -0.25) is 4.90 Å². The Labute approximate surface area is 138 Å². The van der Waals surface area contributed by atoms with Crippen LogP contribution in [-0.2, 0) is 0 Å². The molecule has 0 amide bonds. The maximum atomic E-state index is 6.47. The molecule has 3 heteroatoms. The molecule has 2 rings (SSSR count). The zero-order chi connectivity index (χ0) is 15.6. The van der Waals surface area contributed by atoms with Crippen LogP contribution in [0.3, 0.4) is 0 Å². The fourth-order valence-electron chi connectivity index (χ4n) is 3.36. The van der Waals surface area contributed by atoms with E-state index in [-0.39, 0.29) is 6.04 Å². The molecule has 1 aliphatic heterocycles. The van der Waals surface area contributed by atoms with E-state index < -0.39 is 0 Å². The highest BCUT2D eigenvalue weighted by Gasteiger charge is 2.36. The first kappa shape index (κ1) is 17.0. The van der Waals surface area contributed by atoms with E-state index in [1.54, 1.807) is 0 Å². The normalized spacial score (nSPS) is 23.2. The fraction of sp³-hybridized carbons (Fsp3) is 0.667. The summed E-state index contributed by atoms with van der Waals surface area (Å²) in [7, 11) is 0. The number of halogens is 1. The Morgan fingerprint density at radius 1 is 1.29 bits per heavy atom. The Morgan fingerprint density at radius 3 is 2.38 bits per heavy atom. The van der Waals surface area contributed by atoms with E-state index in [1.165, 1.54) is 12.0 Å². The summed E-state index contributed by atoms with van der Waals surface area (Å²) in [6.07, 6.45) is 2.30. The number of nitrogens with two attached hydrogens (primary N) is 1. The highest BCUT2D eigenvalue weighted by Crippen LogP contribution is 2.38. The monoisotopic (exact) mass is 352 g/mol. The van der Waals surface area contributed by atoms with Crippen molar-refractivity contribution in [2.75, 3.05) is 13.1 Å². The number of hydrogen-bond acceptors (Lipinski definition) is 2. The third-order valence-electron chi connectivity index (χ3n) is 4.93. The predicted octanol–water partition coefficient (Wildman–Crippen LogP) is 4.60. The Balaban J connectivity index is 2.20. The minimum Gasteiger partial charge on any atom is -0.326 e. The molecule has 1 aliphatic rings. The molecule has 1 heterocycles. The van der Waals surface area contributed by atoms with Crippen LogP contribution in [0.25, 0.3) is 0 Å². The third-order valence-corrected chi connectivity index (χ3v) is 5.45. The van der Waals surface area contributed by atoms with E-state index >= 15 is 0 Å². The van der Waals surface area contributed by atoms with Crippen molar-refractivity contribution in [2.24, 2.45) is 17.1 Å². The van der Waals surface area contributed by atoms with Crippen molar-refractivity contribution in [1.82, 2.24) is 4.90 Å². The van der Waals surface area contributed by atoms with Crippen molar-refractivity contribution < 1.29 is 0 Å². The van der Waals surface area contributed by atoms with Gasteiger partial charge in [-0.05, 0) is 48.4 Å². The molecule has 2 nitrogen and oxygen atoms in total. The van der Waals surface area contributed by atoms with Crippen molar-refractivity contribution in [3.63, 3.8) is 0 Å². The standard InChI is InChI=1S/C18H29BrN2/c1-5-16(20)17(13-6-8-15(19)9-7-13)21-11-10-14(12-21)18(2,3)4/h6-9,14,16-17H,5,10-12,20H2,1-4H3. The molecule has 21 heavy (non-hydrogen) atoms. The van der Waals surface area contributed by atoms with Crippen LogP contribution in [0.2, 0.25) is 0 Å². The maximum absolute atomic E-state index is 6.47. The van der Waals surface area contributed by atoms with Crippen molar-refractivity contribution >= 4 is 15.9 Å². The molecule has 1 fully saturated rings. The second kappa shape index (κ2) is 6.80. The molecule has 0 saturated carbocycles. The zero-order valence-electron chi connectivity index (χ0n) is 13.8. The lowest BCUT2D eigenvalue weighted by Gasteiger charge is -2.34. The lowest BCUT2D eigenvalue weighted by molar-refractivity contribution is 0.174. The molecule has 0 radical (unpaired) electrons. The van der Waals surface area contributed by atoms with E-state index in [0.29, 0.717) is 11.5 Å². The number of hydrogen-bond donors (Lipinski definition) is 1. The van der Waals surface area contributed by atoms with Crippen LogP contribution in [0.5, 0.6) is 0 Å². The average Bonchev–Trinajstić information content (AvgIpc) is 2.90. The van der Waals surface area contributed by atoms with Crippen LogP contribution in [0.4, 0.5) is 0 Å². The van der Waals surface area contributed by atoms with E-state index in [2.05, 4.69) is 72.8 Å². The zero-order valence-corrected chi connectivity index (χ0v) is 15.4. The number of benzene rings is 1. The van der Waals surface area contributed by atoms with Crippen LogP contribution in [0.1, 0.15) is 52.1 Å². The van der Waals surface area contributed by atoms with E-state index in [9.17, 15) is 0 Å². The molecule has 3 atom stereocenters. The van der Waals surface area contributed by atoms with Crippen molar-refractivity contribution in [1.29, 1.82) is 0 Å². The van der Waals surface area contributed by atoms with Crippen molar-refractivity contribution in [3.8, 4) is 0 Å². The van der Waals surface area contributed by atoms with Gasteiger partial charge in [0.1, 0.15) is 0 Å². The van der Waals surface area contributed by atoms with Gasteiger partial charge >= 0.3 is 0 Å². The third kappa shape index (κ3) is 4.08. The van der Waals surface area contributed by atoms with E-state index in [1.807, 2.05) is 0 Å². The average molecular weight is 353 g/mol. The van der Waals surface area contributed by atoms with Gasteiger partial charge in [0.25, 0.3) is 0 Å². The second-order valence-corrected chi connectivity index (χ2v) is 8.33. The molecule has 0 bridgehead atoms. The molecule has 118 valence electrons. The second-order valence-electron chi connectivity index (χ2n) is 7.42. The van der Waals surface area contributed by atoms with Crippen molar-refractivity contribution in [3.05, 3.63) is 34.3 Å². The summed E-state index contributed by atoms with van der Waals surface area (Å²) < 4.78 is 1.13. The molecule has 0 spiro atoms. The number of rotatable bonds is 4. The molecule has 1 aromatic rings. The smallest absolute Gasteiger partial charge is 0.0499 e. The Morgan fingerprint density at radius 2 is 1.90 bits per heavy atom. The van der Waals surface area contributed by atoms with Gasteiger partial charge in [0.2, 0.25) is 0 Å². The highest BCUT2D eigenvalue weighted by molar-refractivity contribution is 9.10. The summed E-state index contributed by atoms with van der Waals surface area (Å²) in [6, 6.07) is 9.23. The molecule has 3 unspecified atom stereocenters. The van der Waals surface area contributed by atoms with Crippen LogP contribution >= 0.6 is 15.9 Å². The quantitative estimate of drug-likeness (QED) is 0.857. The Bertz CT molecular complexity index is 449. The summed E-state index contributed by atoms with van der Waals surface area (Å²) >= 11 is 3.52. The lowest BCUT2D eigenvalue weighted by atomic mass is 9.80. The summed E-state index contributed by atoms with van der Waals surface area (Å²) in [5.41, 5.74) is 8.20. The molecular weight excluding hydrogens is 324 g/mol. The van der Waals surface area contributed by atoms with Gasteiger partial charge in [0.15, 0.2) is 0 Å². The molecule has 0 aromatic heterocycles. The number of likely N-dealkylation sites (tertiary alicyclic amines) is 1. The Kier molecular flexibility index (Phi) is 5.50. The lowest BCUT2D eigenvalue weighted by Crippen LogP contribution is -2.40. The van der Waals surface area contributed by atoms with Crippen molar-refractivity contribution in [2.45, 2.75) is 52.6 Å². The van der Waals surface area contributed by atoms with Gasteiger partial charge in [-0.2, -0.15) is 0 Å². The molecule has 1 saturated heterocycles.